The van der Waals surface area contributed by atoms with Crippen LogP contribution in [0, 0.1) is 0 Å². The van der Waals surface area contributed by atoms with E-state index in [0.29, 0.717) is 0 Å². The van der Waals surface area contributed by atoms with Crippen LogP contribution < -0.4 is 0 Å². The van der Waals surface area contributed by atoms with Crippen LogP contribution in [0.5, 0.6) is 0 Å². The lowest BCUT2D eigenvalue weighted by Crippen LogP contribution is -2.13. The summed E-state index contributed by atoms with van der Waals surface area (Å²) >= 11 is 0. The first-order valence-electron chi connectivity index (χ1n) is 6.74. The van der Waals surface area contributed by atoms with Crippen molar-refractivity contribution < 1.29 is 4.74 Å². The third-order valence-corrected chi connectivity index (χ3v) is 2.88. The quantitative estimate of drug-likeness (QED) is 0.448. The van der Waals surface area contributed by atoms with Gasteiger partial charge in [-0.25, -0.2) is 0 Å². The van der Waals surface area contributed by atoms with E-state index in [1.807, 2.05) is 6.21 Å². The molecule has 1 unspecified atom stereocenters. The van der Waals surface area contributed by atoms with Crippen LogP contribution in [0.2, 0.25) is 0 Å². The normalized spacial score (nSPS) is 20.2. The second-order valence-electron chi connectivity index (χ2n) is 4.45. The fourth-order valence-corrected chi connectivity index (χ4v) is 1.84. The number of ether oxygens (including phenoxy) is 1. The van der Waals surface area contributed by atoms with E-state index in [-0.39, 0.29) is 6.10 Å². The van der Waals surface area contributed by atoms with Crippen LogP contribution in [0.25, 0.3) is 0 Å². The Morgan fingerprint density at radius 2 is 2.06 bits per heavy atom. The molecule has 1 aliphatic rings. The van der Waals surface area contributed by atoms with Crippen LogP contribution in [0.15, 0.2) is 17.3 Å². The molecule has 0 bridgehead atoms. The second kappa shape index (κ2) is 9.44. The molecule has 2 nitrogen and oxygen atoms in total. The van der Waals surface area contributed by atoms with E-state index in [1.54, 1.807) is 6.26 Å². The van der Waals surface area contributed by atoms with Gasteiger partial charge in [0.25, 0.3) is 0 Å². The maximum atomic E-state index is 5.41. The molecule has 0 aromatic heterocycles. The zero-order valence-electron chi connectivity index (χ0n) is 10.5. The number of hydrogen-bond acceptors (Lipinski definition) is 2. The SMILES string of the molecule is CCCCCCCCN=CC1CCC=CO1. The highest BCUT2D eigenvalue weighted by atomic mass is 16.5. The molecule has 0 saturated carbocycles. The van der Waals surface area contributed by atoms with Gasteiger partial charge >= 0.3 is 0 Å². The Kier molecular flexibility index (Phi) is 7.83. The van der Waals surface area contributed by atoms with Crippen molar-refractivity contribution in [2.24, 2.45) is 4.99 Å². The molecule has 1 rings (SSSR count). The van der Waals surface area contributed by atoms with Gasteiger partial charge in [0.1, 0.15) is 6.10 Å². The molecular formula is C14H25NO. The molecule has 0 radical (unpaired) electrons. The van der Waals surface area contributed by atoms with Gasteiger partial charge in [0.2, 0.25) is 0 Å². The summed E-state index contributed by atoms with van der Waals surface area (Å²) in [4.78, 5) is 4.43. The summed E-state index contributed by atoms with van der Waals surface area (Å²) in [5.74, 6) is 0. The fraction of sp³-hybridized carbons (Fsp3) is 0.786. The number of rotatable bonds is 8. The minimum Gasteiger partial charge on any atom is -0.493 e. The van der Waals surface area contributed by atoms with E-state index in [2.05, 4.69) is 18.0 Å². The van der Waals surface area contributed by atoms with E-state index in [4.69, 9.17) is 4.74 Å². The Morgan fingerprint density at radius 3 is 2.81 bits per heavy atom. The minimum absolute atomic E-state index is 0.227. The summed E-state index contributed by atoms with van der Waals surface area (Å²) in [6.45, 7) is 3.22. The summed E-state index contributed by atoms with van der Waals surface area (Å²) in [6.07, 6.45) is 16.3. The van der Waals surface area contributed by atoms with Crippen molar-refractivity contribution in [3.05, 3.63) is 12.3 Å². The van der Waals surface area contributed by atoms with Gasteiger partial charge < -0.3 is 4.74 Å². The maximum absolute atomic E-state index is 5.41. The van der Waals surface area contributed by atoms with Crippen molar-refractivity contribution in [1.82, 2.24) is 0 Å². The van der Waals surface area contributed by atoms with Crippen molar-refractivity contribution in [1.29, 1.82) is 0 Å². The van der Waals surface area contributed by atoms with Crippen LogP contribution in [0.3, 0.4) is 0 Å². The van der Waals surface area contributed by atoms with Gasteiger partial charge in [-0.3, -0.25) is 4.99 Å². The van der Waals surface area contributed by atoms with Gasteiger partial charge in [0, 0.05) is 12.8 Å². The van der Waals surface area contributed by atoms with E-state index >= 15 is 0 Å². The Bertz CT molecular complexity index is 211. The third-order valence-electron chi connectivity index (χ3n) is 2.88. The lowest BCUT2D eigenvalue weighted by Gasteiger charge is -2.14. The van der Waals surface area contributed by atoms with Gasteiger partial charge in [-0.15, -0.1) is 0 Å². The molecule has 0 saturated heterocycles. The molecule has 1 atom stereocenters. The highest BCUT2D eigenvalue weighted by molar-refractivity contribution is 5.63. The smallest absolute Gasteiger partial charge is 0.133 e. The monoisotopic (exact) mass is 223 g/mol. The molecule has 0 spiro atoms. The van der Waals surface area contributed by atoms with E-state index in [9.17, 15) is 0 Å². The Morgan fingerprint density at radius 1 is 1.25 bits per heavy atom. The van der Waals surface area contributed by atoms with Crippen molar-refractivity contribution >= 4 is 6.21 Å². The number of nitrogens with zero attached hydrogens (tertiary/aromatic N) is 1. The van der Waals surface area contributed by atoms with Gasteiger partial charge in [-0.1, -0.05) is 39.0 Å². The number of allylic oxidation sites excluding steroid dienone is 1. The van der Waals surface area contributed by atoms with Gasteiger partial charge in [0.15, 0.2) is 0 Å². The first-order chi connectivity index (χ1) is 7.93. The Labute approximate surface area is 99.8 Å². The second-order valence-corrected chi connectivity index (χ2v) is 4.45. The predicted molar refractivity (Wildman–Crippen MR) is 70.0 cm³/mol. The molecule has 0 fully saturated rings. The molecular weight excluding hydrogens is 198 g/mol. The first-order valence-corrected chi connectivity index (χ1v) is 6.74. The standard InChI is InChI=1S/C14H25NO/c1-2-3-4-5-6-8-11-15-13-14-10-7-9-12-16-14/h9,12-14H,2-8,10-11H2,1H3. The largest absolute Gasteiger partial charge is 0.493 e. The number of aliphatic imine (C=N–C) groups is 1. The molecule has 0 N–H and O–H groups in total. The molecule has 16 heavy (non-hydrogen) atoms. The average molecular weight is 223 g/mol. The lowest BCUT2D eigenvalue weighted by atomic mass is 10.1. The Balaban J connectivity index is 1.90. The van der Waals surface area contributed by atoms with Crippen LogP contribution in [-0.4, -0.2) is 18.9 Å². The van der Waals surface area contributed by atoms with Gasteiger partial charge in [-0.05, 0) is 25.3 Å². The van der Waals surface area contributed by atoms with E-state index < -0.39 is 0 Å². The van der Waals surface area contributed by atoms with Crippen molar-refractivity contribution in [2.75, 3.05) is 6.54 Å². The number of hydrogen-bond donors (Lipinski definition) is 0. The maximum Gasteiger partial charge on any atom is 0.133 e. The van der Waals surface area contributed by atoms with E-state index in [0.717, 1.165) is 19.4 Å². The Hall–Kier alpha value is -0.790. The summed E-state index contributed by atoms with van der Waals surface area (Å²) in [5.41, 5.74) is 0. The molecule has 0 aromatic carbocycles. The number of unbranched alkanes of at least 4 members (excludes halogenated alkanes) is 5. The molecule has 2 heteroatoms. The molecule has 0 aromatic rings. The van der Waals surface area contributed by atoms with Crippen molar-refractivity contribution in [2.45, 2.75) is 64.4 Å². The fourth-order valence-electron chi connectivity index (χ4n) is 1.84. The van der Waals surface area contributed by atoms with Crippen LogP contribution >= 0.6 is 0 Å². The predicted octanol–water partition coefficient (Wildman–Crippen LogP) is 4.11. The summed E-state index contributed by atoms with van der Waals surface area (Å²) in [6, 6.07) is 0. The molecule has 0 amide bonds. The van der Waals surface area contributed by atoms with Crippen molar-refractivity contribution in [3.8, 4) is 0 Å². The summed E-state index contributed by atoms with van der Waals surface area (Å²) in [5, 5.41) is 0. The van der Waals surface area contributed by atoms with Gasteiger partial charge in [0.05, 0.1) is 6.26 Å². The molecule has 1 heterocycles. The third kappa shape index (κ3) is 6.65. The van der Waals surface area contributed by atoms with Crippen LogP contribution in [0.4, 0.5) is 0 Å². The molecule has 0 aliphatic carbocycles. The lowest BCUT2D eigenvalue weighted by molar-refractivity contribution is 0.185. The average Bonchev–Trinajstić information content (AvgIpc) is 2.34. The summed E-state index contributed by atoms with van der Waals surface area (Å²) < 4.78 is 5.41. The zero-order chi connectivity index (χ0) is 11.5. The minimum atomic E-state index is 0.227. The highest BCUT2D eigenvalue weighted by Gasteiger charge is 2.06. The first kappa shape index (κ1) is 13.3. The topological polar surface area (TPSA) is 21.6 Å². The zero-order valence-corrected chi connectivity index (χ0v) is 10.5. The molecule has 1 aliphatic heterocycles. The van der Waals surface area contributed by atoms with E-state index in [1.165, 1.54) is 38.5 Å². The highest BCUT2D eigenvalue weighted by Crippen LogP contribution is 2.08. The molecule has 92 valence electrons. The van der Waals surface area contributed by atoms with Crippen molar-refractivity contribution in [3.63, 3.8) is 0 Å². The van der Waals surface area contributed by atoms with Crippen LogP contribution in [0.1, 0.15) is 58.3 Å². The van der Waals surface area contributed by atoms with Crippen LogP contribution in [-0.2, 0) is 4.74 Å². The van der Waals surface area contributed by atoms with Gasteiger partial charge in [-0.2, -0.15) is 0 Å². The summed E-state index contributed by atoms with van der Waals surface area (Å²) in [7, 11) is 0.